The number of aliphatic hydroxyl groups is 4. The van der Waals surface area contributed by atoms with Crippen molar-refractivity contribution in [2.75, 3.05) is 156 Å². The summed E-state index contributed by atoms with van der Waals surface area (Å²) >= 11 is 0. The molecule has 0 spiro atoms. The number of hydrogen-bond donors (Lipinski definition) is 4. The zero-order valence-corrected chi connectivity index (χ0v) is 46.2. The zero-order chi connectivity index (χ0) is 49.5. The number of nitrogens with zero attached hydrogens (tertiary/aromatic N) is 2. The van der Waals surface area contributed by atoms with Crippen molar-refractivity contribution in [3.8, 4) is 0 Å². The Bertz CT molecular complexity index is 1010. The SMILES string of the molecule is CCCCC(CC)COCC(O)CN(CCCCCCN(CC(O)COCCC[Si](OC)(OC)OC)CC(O)COCCC[Si](OC)(OC)OC)CC(O)COCCC[Si](OC)(OC)OC. The van der Waals surface area contributed by atoms with Gasteiger partial charge in [-0.05, 0) is 57.5 Å². The summed E-state index contributed by atoms with van der Waals surface area (Å²) in [7, 11) is 6.16. The third-order valence-electron chi connectivity index (χ3n) is 11.8. The quantitative estimate of drug-likeness (QED) is 0.0507. The molecule has 0 saturated heterocycles. The van der Waals surface area contributed by atoms with Gasteiger partial charge >= 0.3 is 26.4 Å². The highest BCUT2D eigenvalue weighted by Gasteiger charge is 2.38. The molecule has 0 amide bonds. The van der Waals surface area contributed by atoms with Crippen LogP contribution < -0.4 is 0 Å². The van der Waals surface area contributed by atoms with Crippen molar-refractivity contribution in [2.24, 2.45) is 5.92 Å². The molecular formula is C44H98N2O17Si3. The van der Waals surface area contributed by atoms with Crippen LogP contribution in [0.4, 0.5) is 0 Å². The molecule has 0 aromatic rings. The monoisotopic (exact) mass is 1010 g/mol. The van der Waals surface area contributed by atoms with Crippen LogP contribution in [0.2, 0.25) is 18.1 Å². The van der Waals surface area contributed by atoms with Crippen LogP contribution in [-0.4, -0.2) is 237 Å². The molecule has 0 aliphatic heterocycles. The van der Waals surface area contributed by atoms with Crippen LogP contribution in [0.1, 0.15) is 84.5 Å². The van der Waals surface area contributed by atoms with Crippen molar-refractivity contribution in [3.63, 3.8) is 0 Å². The Hall–Kier alpha value is -0.109. The Kier molecular flexibility index (Phi) is 41.4. The van der Waals surface area contributed by atoms with E-state index in [9.17, 15) is 20.4 Å². The Morgan fingerprint density at radius 2 is 0.682 bits per heavy atom. The predicted octanol–water partition coefficient (Wildman–Crippen LogP) is 3.68. The zero-order valence-electron chi connectivity index (χ0n) is 43.2. The van der Waals surface area contributed by atoms with E-state index in [4.69, 9.17) is 58.8 Å². The molecule has 22 heteroatoms. The third kappa shape index (κ3) is 30.6. The highest BCUT2D eigenvalue weighted by atomic mass is 28.4. The fraction of sp³-hybridized carbons (Fsp3) is 1.00. The van der Waals surface area contributed by atoms with E-state index in [1.807, 2.05) is 0 Å². The molecule has 0 aromatic carbocycles. The summed E-state index contributed by atoms with van der Waals surface area (Å²) in [5, 5.41) is 44.0. The maximum atomic E-state index is 11.0. The Morgan fingerprint density at radius 3 is 0.955 bits per heavy atom. The fourth-order valence-electron chi connectivity index (χ4n) is 7.71. The Balaban J connectivity index is 5.36. The molecule has 0 bridgehead atoms. The Morgan fingerprint density at radius 1 is 0.379 bits per heavy atom. The largest absolute Gasteiger partial charge is 0.500 e. The van der Waals surface area contributed by atoms with Crippen LogP contribution in [0, 0.1) is 5.92 Å². The van der Waals surface area contributed by atoms with Gasteiger partial charge in [0.1, 0.15) is 0 Å². The molecule has 5 atom stereocenters. The van der Waals surface area contributed by atoms with Crippen molar-refractivity contribution in [1.82, 2.24) is 9.80 Å². The van der Waals surface area contributed by atoms with Gasteiger partial charge in [-0.3, -0.25) is 9.80 Å². The molecule has 0 radical (unpaired) electrons. The number of rotatable bonds is 50. The maximum Gasteiger partial charge on any atom is 0.500 e. The van der Waals surface area contributed by atoms with Crippen molar-refractivity contribution in [2.45, 2.75) is 127 Å². The van der Waals surface area contributed by atoms with Crippen molar-refractivity contribution < 1.29 is 79.2 Å². The van der Waals surface area contributed by atoms with Crippen LogP contribution in [0.3, 0.4) is 0 Å². The van der Waals surface area contributed by atoms with Gasteiger partial charge in [-0.25, -0.2) is 0 Å². The second-order valence-corrected chi connectivity index (χ2v) is 26.2. The molecule has 0 fully saturated rings. The third-order valence-corrected chi connectivity index (χ3v) is 20.3. The number of aliphatic hydroxyl groups excluding tert-OH is 4. The van der Waals surface area contributed by atoms with Crippen LogP contribution in [0.5, 0.6) is 0 Å². The van der Waals surface area contributed by atoms with Gasteiger partial charge in [0.05, 0.1) is 50.8 Å². The normalized spacial score (nSPS) is 15.2. The lowest BCUT2D eigenvalue weighted by Gasteiger charge is -2.28. The summed E-state index contributed by atoms with van der Waals surface area (Å²) in [6.07, 6.45) is 7.09. The van der Waals surface area contributed by atoms with E-state index >= 15 is 0 Å². The fourth-order valence-corrected chi connectivity index (χ4v) is 12.8. The van der Waals surface area contributed by atoms with Crippen LogP contribution in [0.25, 0.3) is 0 Å². The second-order valence-electron chi connectivity index (χ2n) is 16.9. The van der Waals surface area contributed by atoms with Gasteiger partial charge in [0.25, 0.3) is 0 Å². The lowest BCUT2D eigenvalue weighted by Crippen LogP contribution is -2.43. The summed E-state index contributed by atoms with van der Waals surface area (Å²) in [5.41, 5.74) is 0. The molecule has 0 aromatic heterocycles. The molecule has 0 saturated carbocycles. The molecule has 4 N–H and O–H groups in total. The molecule has 19 nitrogen and oxygen atoms in total. The molecule has 66 heavy (non-hydrogen) atoms. The average molecular weight is 1010 g/mol. The first-order valence-electron chi connectivity index (χ1n) is 24.2. The first-order chi connectivity index (χ1) is 31.8. The van der Waals surface area contributed by atoms with Gasteiger partial charge in [0, 0.05) is 135 Å². The van der Waals surface area contributed by atoms with E-state index in [-0.39, 0.29) is 26.4 Å². The average Bonchev–Trinajstić information content (AvgIpc) is 3.32. The minimum Gasteiger partial charge on any atom is -0.389 e. The number of unbranched alkanes of at least 4 members (excludes halogenated alkanes) is 4. The lowest BCUT2D eigenvalue weighted by molar-refractivity contribution is -0.0166. The number of hydrogen-bond acceptors (Lipinski definition) is 19. The minimum atomic E-state index is -2.70. The van der Waals surface area contributed by atoms with Gasteiger partial charge in [0.2, 0.25) is 0 Å². The topological polar surface area (TPSA) is 207 Å². The lowest BCUT2D eigenvalue weighted by atomic mass is 10.0. The molecule has 5 unspecified atom stereocenters. The molecule has 0 heterocycles. The molecule has 0 aliphatic carbocycles. The standard InChI is InChI=1S/C44H98N2O17Si3/c1-12-14-22-40(13-2)35-63-39-44(50)34-46(33-43(49)38-62-27-21-30-66(57-9,58-10)59-11)24-18-16-15-17-23-45(31-41(47)36-60-25-19-28-64(51-3,52-4)53-5)32-42(48)37-61-26-20-29-65(54-6,55-7)56-8/h40-44,47-50H,12-39H2,1-11H3. The van der Waals surface area contributed by atoms with Crippen molar-refractivity contribution >= 4 is 26.4 Å². The van der Waals surface area contributed by atoms with Crippen LogP contribution in [-0.2, 0) is 58.8 Å². The van der Waals surface area contributed by atoms with E-state index in [1.165, 1.54) is 6.42 Å². The Labute approximate surface area is 403 Å². The molecule has 0 rings (SSSR count). The van der Waals surface area contributed by atoms with E-state index in [0.717, 1.165) is 44.9 Å². The first-order valence-corrected chi connectivity index (χ1v) is 30.0. The highest BCUT2D eigenvalue weighted by Crippen LogP contribution is 2.18. The molecular weight excluding hydrogens is 913 g/mol. The molecule has 0 aliphatic rings. The summed E-state index contributed by atoms with van der Waals surface area (Å²) in [6.45, 7) is 9.72. The summed E-state index contributed by atoms with van der Waals surface area (Å²) in [5.74, 6) is 0.485. The van der Waals surface area contributed by atoms with E-state index < -0.39 is 50.8 Å². The highest BCUT2D eigenvalue weighted by molar-refractivity contribution is 6.61. The number of ether oxygens (including phenoxy) is 4. The van der Waals surface area contributed by atoms with E-state index in [1.54, 1.807) is 64.0 Å². The van der Waals surface area contributed by atoms with Gasteiger partial charge < -0.3 is 79.2 Å². The van der Waals surface area contributed by atoms with E-state index in [2.05, 4.69) is 23.6 Å². The van der Waals surface area contributed by atoms with Gasteiger partial charge in [-0.15, -0.1) is 0 Å². The van der Waals surface area contributed by atoms with Crippen molar-refractivity contribution in [1.29, 1.82) is 0 Å². The van der Waals surface area contributed by atoms with Gasteiger partial charge in [-0.1, -0.05) is 46.0 Å². The summed E-state index contributed by atoms with van der Waals surface area (Å²) in [6, 6.07) is 1.80. The van der Waals surface area contributed by atoms with Gasteiger partial charge in [0.15, 0.2) is 0 Å². The summed E-state index contributed by atoms with van der Waals surface area (Å²) < 4.78 is 72.9. The van der Waals surface area contributed by atoms with Gasteiger partial charge in [-0.2, -0.15) is 0 Å². The first kappa shape index (κ1) is 65.9. The predicted molar refractivity (Wildman–Crippen MR) is 261 cm³/mol. The minimum absolute atomic E-state index is 0.147. The second kappa shape index (κ2) is 41.5. The summed E-state index contributed by atoms with van der Waals surface area (Å²) in [4.78, 5) is 4.16. The molecule has 398 valence electrons. The maximum absolute atomic E-state index is 11.0. The van der Waals surface area contributed by atoms with Crippen LogP contribution in [0.15, 0.2) is 0 Å². The van der Waals surface area contributed by atoms with Crippen LogP contribution >= 0.6 is 0 Å². The van der Waals surface area contributed by atoms with Crippen molar-refractivity contribution in [3.05, 3.63) is 0 Å². The smallest absolute Gasteiger partial charge is 0.389 e. The van der Waals surface area contributed by atoms with E-state index in [0.29, 0.717) is 109 Å².